The Morgan fingerprint density at radius 1 is 1.33 bits per heavy atom. The lowest BCUT2D eigenvalue weighted by Gasteiger charge is -2.31. The molecule has 0 spiro atoms. The quantitative estimate of drug-likeness (QED) is 0.818. The Morgan fingerprint density at radius 2 is 2.00 bits per heavy atom. The molecule has 0 saturated heterocycles. The Morgan fingerprint density at radius 3 is 2.61 bits per heavy atom. The Hall–Kier alpha value is -0.540. The number of nitrogens with two attached hydrogens (primary N) is 1. The Bertz CT molecular complexity index is 399. The highest BCUT2D eigenvalue weighted by atomic mass is 79.9. The van der Waals surface area contributed by atoms with E-state index in [1.165, 1.54) is 19.3 Å². The average molecular weight is 312 g/mol. The van der Waals surface area contributed by atoms with Gasteiger partial charge in [-0.1, -0.05) is 42.1 Å². The molecule has 1 aromatic rings. The predicted octanol–water partition coefficient (Wildman–Crippen LogP) is 4.28. The predicted molar refractivity (Wildman–Crippen MR) is 79.3 cm³/mol. The van der Waals surface area contributed by atoms with E-state index in [0.29, 0.717) is 11.6 Å². The second kappa shape index (κ2) is 6.07. The zero-order valence-electron chi connectivity index (χ0n) is 10.9. The van der Waals surface area contributed by atoms with Crippen LogP contribution in [0.25, 0.3) is 0 Å². The Kier molecular flexibility index (Phi) is 4.68. The highest BCUT2D eigenvalue weighted by Crippen LogP contribution is 2.39. The average Bonchev–Trinajstić information content (AvgIpc) is 2.41. The third-order valence-electron chi connectivity index (χ3n) is 4.28. The van der Waals surface area contributed by atoms with Crippen molar-refractivity contribution in [3.8, 4) is 0 Å². The van der Waals surface area contributed by atoms with Crippen molar-refractivity contribution in [3.63, 3.8) is 0 Å². The second-order valence-electron chi connectivity index (χ2n) is 5.41. The summed E-state index contributed by atoms with van der Waals surface area (Å²) in [6.07, 6.45) is 5.57. The van der Waals surface area contributed by atoms with Crippen molar-refractivity contribution in [2.75, 3.05) is 5.73 Å². The summed E-state index contributed by atoms with van der Waals surface area (Å²) >= 11 is 3.44. The number of nitrogen functional groups attached to an aromatic ring is 1. The van der Waals surface area contributed by atoms with Gasteiger partial charge >= 0.3 is 0 Å². The van der Waals surface area contributed by atoms with Crippen LogP contribution in [-0.4, -0.2) is 5.11 Å². The second-order valence-corrected chi connectivity index (χ2v) is 6.32. The van der Waals surface area contributed by atoms with E-state index in [1.807, 2.05) is 18.2 Å². The van der Waals surface area contributed by atoms with Crippen LogP contribution in [0.15, 0.2) is 22.7 Å². The summed E-state index contributed by atoms with van der Waals surface area (Å²) in [5.41, 5.74) is 7.55. The zero-order chi connectivity index (χ0) is 13.1. The normalized spacial score (nSPS) is 25.9. The van der Waals surface area contributed by atoms with Gasteiger partial charge in [-0.3, -0.25) is 0 Å². The van der Waals surface area contributed by atoms with E-state index < -0.39 is 6.10 Å². The molecule has 0 aromatic heterocycles. The summed E-state index contributed by atoms with van der Waals surface area (Å²) < 4.78 is 0.980. The van der Waals surface area contributed by atoms with Crippen LogP contribution in [0.2, 0.25) is 0 Å². The maximum absolute atomic E-state index is 10.5. The van der Waals surface area contributed by atoms with Crippen LogP contribution < -0.4 is 5.73 Å². The van der Waals surface area contributed by atoms with Crippen molar-refractivity contribution in [1.29, 1.82) is 0 Å². The molecule has 100 valence electrons. The van der Waals surface area contributed by atoms with Crippen molar-refractivity contribution in [3.05, 3.63) is 28.2 Å². The lowest BCUT2D eigenvalue weighted by atomic mass is 9.77. The lowest BCUT2D eigenvalue weighted by molar-refractivity contribution is 0.0735. The van der Waals surface area contributed by atoms with E-state index in [1.54, 1.807) is 0 Å². The summed E-state index contributed by atoms with van der Waals surface area (Å²) in [6.45, 7) is 2.26. The van der Waals surface area contributed by atoms with Crippen LogP contribution in [0.4, 0.5) is 5.69 Å². The summed E-state index contributed by atoms with van der Waals surface area (Å²) in [4.78, 5) is 0. The smallest absolute Gasteiger partial charge is 0.0838 e. The lowest BCUT2D eigenvalue weighted by Crippen LogP contribution is -2.21. The van der Waals surface area contributed by atoms with E-state index in [9.17, 15) is 5.11 Å². The third kappa shape index (κ3) is 3.07. The maximum atomic E-state index is 10.5. The molecular formula is C15H22BrNO. The number of aliphatic hydroxyl groups is 1. The minimum atomic E-state index is -0.416. The first-order valence-electron chi connectivity index (χ1n) is 6.84. The Labute approximate surface area is 118 Å². The molecule has 1 fully saturated rings. The molecule has 1 aliphatic carbocycles. The molecule has 1 unspecified atom stereocenters. The number of anilines is 1. The molecule has 1 saturated carbocycles. The topological polar surface area (TPSA) is 46.2 Å². The van der Waals surface area contributed by atoms with Crippen molar-refractivity contribution < 1.29 is 5.11 Å². The van der Waals surface area contributed by atoms with Gasteiger partial charge in [0, 0.05) is 15.7 Å². The molecule has 0 bridgehead atoms. The molecular weight excluding hydrogens is 290 g/mol. The number of rotatable bonds is 3. The number of benzene rings is 1. The van der Waals surface area contributed by atoms with Gasteiger partial charge < -0.3 is 10.8 Å². The number of hydrogen-bond acceptors (Lipinski definition) is 2. The van der Waals surface area contributed by atoms with E-state index >= 15 is 0 Å². The molecule has 0 heterocycles. The van der Waals surface area contributed by atoms with Gasteiger partial charge in [0.1, 0.15) is 0 Å². The molecule has 1 aliphatic rings. The fraction of sp³-hybridized carbons (Fsp3) is 0.600. The largest absolute Gasteiger partial charge is 0.398 e. The SMILES string of the molecule is CCC1CCC(C(O)c2cc(Br)ccc2N)CC1. The molecule has 1 atom stereocenters. The minimum Gasteiger partial charge on any atom is -0.398 e. The number of hydrogen-bond donors (Lipinski definition) is 2. The van der Waals surface area contributed by atoms with E-state index in [0.717, 1.165) is 28.8 Å². The first kappa shape index (κ1) is 13.9. The van der Waals surface area contributed by atoms with E-state index in [4.69, 9.17) is 5.73 Å². The highest BCUT2D eigenvalue weighted by Gasteiger charge is 2.27. The van der Waals surface area contributed by atoms with E-state index in [-0.39, 0.29) is 0 Å². The van der Waals surface area contributed by atoms with Gasteiger partial charge in [0.25, 0.3) is 0 Å². The molecule has 0 amide bonds. The summed E-state index contributed by atoms with van der Waals surface area (Å²) in [7, 11) is 0. The summed E-state index contributed by atoms with van der Waals surface area (Å²) in [5.74, 6) is 1.22. The molecule has 2 nitrogen and oxygen atoms in total. The van der Waals surface area contributed by atoms with E-state index in [2.05, 4.69) is 22.9 Å². The van der Waals surface area contributed by atoms with Crippen molar-refractivity contribution in [1.82, 2.24) is 0 Å². The summed E-state index contributed by atoms with van der Waals surface area (Å²) in [6, 6.07) is 5.73. The van der Waals surface area contributed by atoms with Gasteiger partial charge in [-0.25, -0.2) is 0 Å². The van der Waals surface area contributed by atoms with Crippen LogP contribution in [0, 0.1) is 11.8 Å². The molecule has 1 aromatic carbocycles. The monoisotopic (exact) mass is 311 g/mol. The minimum absolute atomic E-state index is 0.365. The van der Waals surface area contributed by atoms with Crippen LogP contribution in [0.5, 0.6) is 0 Å². The van der Waals surface area contributed by atoms with Gasteiger partial charge in [0.2, 0.25) is 0 Å². The molecule has 0 aliphatic heterocycles. The molecule has 2 rings (SSSR count). The Balaban J connectivity index is 2.07. The van der Waals surface area contributed by atoms with Gasteiger partial charge in [-0.2, -0.15) is 0 Å². The summed E-state index contributed by atoms with van der Waals surface area (Å²) in [5, 5.41) is 10.5. The molecule has 3 N–H and O–H groups in total. The van der Waals surface area contributed by atoms with Crippen molar-refractivity contribution in [2.24, 2.45) is 11.8 Å². The van der Waals surface area contributed by atoms with Gasteiger partial charge in [0.15, 0.2) is 0 Å². The van der Waals surface area contributed by atoms with Gasteiger partial charge in [-0.05, 0) is 42.9 Å². The molecule has 18 heavy (non-hydrogen) atoms. The van der Waals surface area contributed by atoms with Crippen LogP contribution >= 0.6 is 15.9 Å². The first-order valence-corrected chi connectivity index (χ1v) is 7.64. The zero-order valence-corrected chi connectivity index (χ0v) is 12.5. The fourth-order valence-electron chi connectivity index (χ4n) is 2.97. The standard InChI is InChI=1S/C15H22BrNO/c1-2-10-3-5-11(6-4-10)15(18)13-9-12(16)7-8-14(13)17/h7-11,15,18H,2-6,17H2,1H3. The van der Waals surface area contributed by atoms with Crippen molar-refractivity contribution in [2.45, 2.75) is 45.1 Å². The maximum Gasteiger partial charge on any atom is 0.0838 e. The molecule has 3 heteroatoms. The van der Waals surface area contributed by atoms with Crippen LogP contribution in [0.1, 0.15) is 50.7 Å². The number of aliphatic hydroxyl groups excluding tert-OH is 1. The first-order chi connectivity index (χ1) is 8.61. The fourth-order valence-corrected chi connectivity index (χ4v) is 3.35. The van der Waals surface area contributed by atoms with Gasteiger partial charge in [0.05, 0.1) is 6.10 Å². The van der Waals surface area contributed by atoms with Gasteiger partial charge in [-0.15, -0.1) is 0 Å². The highest BCUT2D eigenvalue weighted by molar-refractivity contribution is 9.10. The van der Waals surface area contributed by atoms with Crippen molar-refractivity contribution >= 4 is 21.6 Å². The van der Waals surface area contributed by atoms with Crippen LogP contribution in [0.3, 0.4) is 0 Å². The third-order valence-corrected chi connectivity index (χ3v) is 4.78. The van der Waals surface area contributed by atoms with Crippen LogP contribution in [-0.2, 0) is 0 Å². The molecule has 0 radical (unpaired) electrons. The number of halogens is 1.